The standard InChI is InChI=1S/C21H24N2O4S/c1-15-9-11-19(24)17(22-15)10-12-20-21(2,3)16-7-4-5-8-18(16)23(20)13-6-14-28(25,26)27/h4-5,7-12H,6,13-14H2,1-3H3,(H,25,26,27). The maximum Gasteiger partial charge on any atom is 0.209 e. The van der Waals surface area contributed by atoms with Crippen molar-refractivity contribution in [1.82, 2.24) is 4.98 Å². The molecule has 3 rings (SSSR count). The van der Waals surface area contributed by atoms with Crippen LogP contribution in [0.5, 0.6) is 5.75 Å². The number of rotatable bonds is 6. The molecule has 0 amide bonds. The maximum atomic E-state index is 11.0. The highest BCUT2D eigenvalue weighted by Gasteiger charge is 2.43. The minimum Gasteiger partial charge on any atom is -0.748 e. The number of para-hydroxylation sites is 1. The van der Waals surface area contributed by atoms with E-state index in [9.17, 15) is 18.1 Å². The lowest BCUT2D eigenvalue weighted by atomic mass is 9.81. The SMILES string of the molecule is Cc1ccc(O)c(/C=C/C2=[N+](CCCS(=O)(=O)[O-])c3ccccc3C2(C)C)n1. The van der Waals surface area contributed by atoms with Gasteiger partial charge < -0.3 is 9.66 Å². The van der Waals surface area contributed by atoms with Gasteiger partial charge in [0, 0.05) is 35.6 Å². The van der Waals surface area contributed by atoms with Crippen LogP contribution < -0.4 is 0 Å². The predicted octanol–water partition coefficient (Wildman–Crippen LogP) is 3.12. The largest absolute Gasteiger partial charge is 0.748 e. The van der Waals surface area contributed by atoms with Crippen LogP contribution in [0, 0.1) is 6.92 Å². The van der Waals surface area contributed by atoms with Gasteiger partial charge in [-0.15, -0.1) is 0 Å². The van der Waals surface area contributed by atoms with E-state index in [2.05, 4.69) is 24.9 Å². The zero-order valence-electron chi connectivity index (χ0n) is 16.2. The number of hydrogen-bond donors (Lipinski definition) is 1. The van der Waals surface area contributed by atoms with Crippen molar-refractivity contribution in [2.45, 2.75) is 32.6 Å². The van der Waals surface area contributed by atoms with Gasteiger partial charge in [-0.1, -0.05) is 18.2 Å². The summed E-state index contributed by atoms with van der Waals surface area (Å²) in [6, 6.07) is 11.3. The first-order valence-corrected chi connectivity index (χ1v) is 10.7. The van der Waals surface area contributed by atoms with Gasteiger partial charge in [-0.25, -0.2) is 13.4 Å². The minimum absolute atomic E-state index is 0.0970. The normalized spacial score (nSPS) is 16.0. The third kappa shape index (κ3) is 4.15. The van der Waals surface area contributed by atoms with E-state index in [0.29, 0.717) is 12.2 Å². The maximum absolute atomic E-state index is 11.0. The lowest BCUT2D eigenvalue weighted by molar-refractivity contribution is -0.437. The number of fused-ring (bicyclic) bond motifs is 1. The summed E-state index contributed by atoms with van der Waals surface area (Å²) in [6.45, 7) is 6.46. The van der Waals surface area contributed by atoms with Gasteiger partial charge in [0.05, 0.1) is 15.5 Å². The Labute approximate surface area is 165 Å². The van der Waals surface area contributed by atoms with Gasteiger partial charge in [-0.05, 0) is 39.0 Å². The molecule has 7 heteroatoms. The molecular formula is C21H24N2O4S. The van der Waals surface area contributed by atoms with Gasteiger partial charge in [-0.3, -0.25) is 0 Å². The molecule has 1 N–H and O–H groups in total. The Balaban J connectivity index is 2.03. The predicted molar refractivity (Wildman–Crippen MR) is 108 cm³/mol. The number of pyridine rings is 1. The second kappa shape index (κ2) is 7.48. The monoisotopic (exact) mass is 400 g/mol. The summed E-state index contributed by atoms with van der Waals surface area (Å²) >= 11 is 0. The van der Waals surface area contributed by atoms with Crippen molar-refractivity contribution in [2.75, 3.05) is 12.3 Å². The third-order valence-electron chi connectivity index (χ3n) is 5.02. The molecule has 28 heavy (non-hydrogen) atoms. The average molecular weight is 401 g/mol. The molecule has 0 saturated carbocycles. The summed E-state index contributed by atoms with van der Waals surface area (Å²) in [5, 5.41) is 10.1. The molecule has 0 unspecified atom stereocenters. The number of aromatic hydroxyl groups is 1. The van der Waals surface area contributed by atoms with E-state index in [0.717, 1.165) is 22.7 Å². The van der Waals surface area contributed by atoms with Crippen molar-refractivity contribution in [3.05, 3.63) is 59.4 Å². The van der Waals surface area contributed by atoms with E-state index in [-0.39, 0.29) is 17.6 Å². The van der Waals surface area contributed by atoms with Crippen LogP contribution in [-0.2, 0) is 15.5 Å². The fourth-order valence-electron chi connectivity index (χ4n) is 3.63. The summed E-state index contributed by atoms with van der Waals surface area (Å²) < 4.78 is 35.1. The fourth-order valence-corrected chi connectivity index (χ4v) is 4.11. The summed E-state index contributed by atoms with van der Waals surface area (Å²) in [5.74, 6) is -0.302. The molecule has 0 saturated heterocycles. The van der Waals surface area contributed by atoms with Crippen molar-refractivity contribution in [2.24, 2.45) is 0 Å². The molecule has 0 atom stereocenters. The van der Waals surface area contributed by atoms with Crippen LogP contribution in [0.15, 0.2) is 42.5 Å². The Morgan fingerprint density at radius 2 is 1.89 bits per heavy atom. The second-order valence-corrected chi connectivity index (χ2v) is 9.01. The Bertz CT molecular complexity index is 1070. The van der Waals surface area contributed by atoms with Crippen molar-refractivity contribution in [3.63, 3.8) is 0 Å². The molecule has 0 radical (unpaired) electrons. The fraction of sp³-hybridized carbons (Fsp3) is 0.333. The molecule has 1 aromatic heterocycles. The number of hydrogen-bond acceptors (Lipinski definition) is 5. The molecule has 0 fully saturated rings. The van der Waals surface area contributed by atoms with Crippen LogP contribution in [0.3, 0.4) is 0 Å². The van der Waals surface area contributed by atoms with Crippen LogP contribution in [0.25, 0.3) is 6.08 Å². The van der Waals surface area contributed by atoms with E-state index in [4.69, 9.17) is 0 Å². The van der Waals surface area contributed by atoms with E-state index >= 15 is 0 Å². The number of nitrogens with zero attached hydrogens (tertiary/aromatic N) is 2. The molecule has 148 valence electrons. The molecule has 1 aromatic carbocycles. The molecule has 1 aliphatic rings. The number of benzene rings is 1. The van der Waals surface area contributed by atoms with Gasteiger partial charge >= 0.3 is 0 Å². The lowest BCUT2D eigenvalue weighted by Crippen LogP contribution is -2.28. The summed E-state index contributed by atoms with van der Waals surface area (Å²) in [6.07, 6.45) is 3.91. The highest BCUT2D eigenvalue weighted by Crippen LogP contribution is 2.40. The Morgan fingerprint density at radius 1 is 1.18 bits per heavy atom. The number of aryl methyl sites for hydroxylation is 1. The smallest absolute Gasteiger partial charge is 0.209 e. The van der Waals surface area contributed by atoms with Gasteiger partial charge in [0.1, 0.15) is 18.0 Å². The molecule has 2 heterocycles. The van der Waals surface area contributed by atoms with E-state index in [1.54, 1.807) is 18.2 Å². The molecule has 0 spiro atoms. The van der Waals surface area contributed by atoms with Crippen LogP contribution in [0.1, 0.15) is 37.2 Å². The highest BCUT2D eigenvalue weighted by molar-refractivity contribution is 7.85. The Hall–Kier alpha value is -2.51. The molecule has 0 bridgehead atoms. The average Bonchev–Trinajstić information content (AvgIpc) is 2.82. The topological polar surface area (TPSA) is 93.3 Å². The number of allylic oxidation sites excluding steroid dienone is 1. The first-order valence-electron chi connectivity index (χ1n) is 9.12. The summed E-state index contributed by atoms with van der Waals surface area (Å²) in [5.41, 5.74) is 4.04. The van der Waals surface area contributed by atoms with E-state index in [1.807, 2.05) is 35.8 Å². The van der Waals surface area contributed by atoms with Gasteiger partial charge in [0.15, 0.2) is 5.71 Å². The van der Waals surface area contributed by atoms with Crippen LogP contribution >= 0.6 is 0 Å². The zero-order chi connectivity index (χ0) is 20.5. The van der Waals surface area contributed by atoms with Gasteiger partial charge in [0.25, 0.3) is 0 Å². The highest BCUT2D eigenvalue weighted by atomic mass is 32.2. The number of aromatic nitrogens is 1. The van der Waals surface area contributed by atoms with E-state index in [1.165, 1.54) is 0 Å². The lowest BCUT2D eigenvalue weighted by Gasteiger charge is -2.15. The van der Waals surface area contributed by atoms with Crippen LogP contribution in [0.2, 0.25) is 0 Å². The quantitative estimate of drug-likeness (QED) is 0.594. The third-order valence-corrected chi connectivity index (χ3v) is 5.80. The van der Waals surface area contributed by atoms with Gasteiger partial charge in [-0.2, -0.15) is 4.58 Å². The first kappa shape index (κ1) is 20.2. The van der Waals surface area contributed by atoms with Crippen molar-refractivity contribution >= 4 is 27.6 Å². The van der Waals surface area contributed by atoms with E-state index < -0.39 is 15.9 Å². The van der Waals surface area contributed by atoms with Crippen LogP contribution in [0.4, 0.5) is 5.69 Å². The second-order valence-electron chi connectivity index (χ2n) is 7.48. The van der Waals surface area contributed by atoms with Crippen molar-refractivity contribution in [3.8, 4) is 5.75 Å². The molecule has 1 aliphatic heterocycles. The molecule has 2 aromatic rings. The Morgan fingerprint density at radius 3 is 2.61 bits per heavy atom. The summed E-state index contributed by atoms with van der Waals surface area (Å²) in [7, 11) is -4.25. The molecular weight excluding hydrogens is 376 g/mol. The zero-order valence-corrected chi connectivity index (χ0v) is 17.0. The van der Waals surface area contributed by atoms with Crippen LogP contribution in [-0.4, -0.2) is 45.6 Å². The van der Waals surface area contributed by atoms with Crippen molar-refractivity contribution < 1.29 is 22.7 Å². The Kier molecular flexibility index (Phi) is 5.41. The molecule has 6 nitrogen and oxygen atoms in total. The first-order chi connectivity index (χ1) is 13.1. The van der Waals surface area contributed by atoms with Gasteiger partial charge in [0.2, 0.25) is 5.69 Å². The molecule has 0 aliphatic carbocycles. The minimum atomic E-state index is -4.25. The van der Waals surface area contributed by atoms with Crippen molar-refractivity contribution in [1.29, 1.82) is 0 Å². The summed E-state index contributed by atoms with van der Waals surface area (Å²) in [4.78, 5) is 4.36.